The first-order valence-corrected chi connectivity index (χ1v) is 3.08. The van der Waals surface area contributed by atoms with Crippen molar-refractivity contribution in [1.29, 1.82) is 5.26 Å². The predicted molar refractivity (Wildman–Crippen MR) is 36.1 cm³/mol. The lowest BCUT2D eigenvalue weighted by molar-refractivity contribution is -0.136. The molecular weight excluding hydrogens is 144 g/mol. The monoisotopic (exact) mass is 150 g/mol. The number of rotatable bonds is 1. The lowest BCUT2D eigenvalue weighted by Gasteiger charge is -2.07. The van der Waals surface area contributed by atoms with Gasteiger partial charge in [-0.25, -0.2) is 0 Å². The van der Waals surface area contributed by atoms with Crippen LogP contribution in [0, 0.1) is 11.3 Å². The summed E-state index contributed by atoms with van der Waals surface area (Å²) in [6.07, 6.45) is 1.24. The quantitative estimate of drug-likeness (QED) is 0.385. The molecule has 0 aromatic carbocycles. The topological polar surface area (TPSA) is 61.2 Å². The molecule has 4 nitrogen and oxygen atoms in total. The van der Waals surface area contributed by atoms with Crippen molar-refractivity contribution in [2.45, 2.75) is 6.92 Å². The maximum Gasteiger partial charge on any atom is 0.257 e. The van der Waals surface area contributed by atoms with Gasteiger partial charge in [0.05, 0.1) is 6.07 Å². The standard InChI is InChI=1S/C7H6N2O2/c1-5-4-6(10)9(3-2-8)7(5)11/h4H,3H2,1H3. The third-order valence-corrected chi connectivity index (χ3v) is 1.42. The molecule has 1 aliphatic rings. The molecule has 0 radical (unpaired) electrons. The third kappa shape index (κ3) is 1.13. The maximum absolute atomic E-state index is 11.0. The number of carbonyl (C=O) groups is 2. The Morgan fingerprint density at radius 3 is 2.64 bits per heavy atom. The van der Waals surface area contributed by atoms with Crippen LogP contribution in [0.3, 0.4) is 0 Å². The normalized spacial score (nSPS) is 16.7. The van der Waals surface area contributed by atoms with Gasteiger partial charge in [0.15, 0.2) is 0 Å². The van der Waals surface area contributed by atoms with E-state index < -0.39 is 5.91 Å². The van der Waals surface area contributed by atoms with Crippen molar-refractivity contribution in [2.24, 2.45) is 0 Å². The molecule has 0 spiro atoms. The largest absolute Gasteiger partial charge is 0.269 e. The highest BCUT2D eigenvalue weighted by atomic mass is 16.2. The van der Waals surface area contributed by atoms with Crippen molar-refractivity contribution in [3.05, 3.63) is 11.6 Å². The molecular formula is C7H6N2O2. The van der Waals surface area contributed by atoms with E-state index in [-0.39, 0.29) is 12.5 Å². The van der Waals surface area contributed by atoms with Gasteiger partial charge in [-0.05, 0) is 6.92 Å². The van der Waals surface area contributed by atoms with Crippen LogP contribution in [-0.2, 0) is 9.59 Å². The molecule has 4 heteroatoms. The van der Waals surface area contributed by atoms with Crippen molar-refractivity contribution in [3.63, 3.8) is 0 Å². The van der Waals surface area contributed by atoms with Crippen LogP contribution in [0.5, 0.6) is 0 Å². The van der Waals surface area contributed by atoms with Crippen molar-refractivity contribution >= 4 is 11.8 Å². The van der Waals surface area contributed by atoms with Crippen molar-refractivity contribution < 1.29 is 9.59 Å². The molecule has 1 aliphatic heterocycles. The lowest BCUT2D eigenvalue weighted by Crippen LogP contribution is -2.30. The molecule has 0 unspecified atom stereocenters. The van der Waals surface area contributed by atoms with Gasteiger partial charge in [-0.1, -0.05) is 0 Å². The van der Waals surface area contributed by atoms with Crippen LogP contribution in [0.1, 0.15) is 6.92 Å². The van der Waals surface area contributed by atoms with Gasteiger partial charge in [0, 0.05) is 11.6 Å². The molecule has 0 saturated heterocycles. The number of nitriles is 1. The van der Waals surface area contributed by atoms with E-state index >= 15 is 0 Å². The molecule has 2 amide bonds. The molecule has 56 valence electrons. The zero-order chi connectivity index (χ0) is 8.43. The predicted octanol–water partition coefficient (Wildman–Crippen LogP) is -0.175. The van der Waals surface area contributed by atoms with E-state index in [1.54, 1.807) is 13.0 Å². The molecule has 0 aromatic heterocycles. The summed E-state index contributed by atoms with van der Waals surface area (Å²) in [6, 6.07) is 1.74. The number of hydrogen-bond acceptors (Lipinski definition) is 3. The van der Waals surface area contributed by atoms with Gasteiger partial charge in [0.2, 0.25) is 0 Å². The number of amides is 2. The first kappa shape index (κ1) is 7.48. The smallest absolute Gasteiger partial charge is 0.257 e. The molecule has 0 atom stereocenters. The summed E-state index contributed by atoms with van der Waals surface area (Å²) in [4.78, 5) is 22.8. The molecule has 0 aromatic rings. The summed E-state index contributed by atoms with van der Waals surface area (Å²) in [6.45, 7) is 1.39. The van der Waals surface area contributed by atoms with Crippen LogP contribution in [-0.4, -0.2) is 23.3 Å². The van der Waals surface area contributed by atoms with Crippen LogP contribution in [0.4, 0.5) is 0 Å². The molecule has 0 fully saturated rings. The fraction of sp³-hybridized carbons (Fsp3) is 0.286. The highest BCUT2D eigenvalue weighted by Crippen LogP contribution is 2.10. The average Bonchev–Trinajstić information content (AvgIpc) is 2.17. The van der Waals surface area contributed by atoms with E-state index in [1.807, 2.05) is 0 Å². The summed E-state index contributed by atoms with van der Waals surface area (Å²) in [5, 5.41) is 8.23. The second-order valence-corrected chi connectivity index (χ2v) is 2.21. The van der Waals surface area contributed by atoms with Gasteiger partial charge in [-0.15, -0.1) is 0 Å². The van der Waals surface area contributed by atoms with E-state index in [0.29, 0.717) is 5.57 Å². The minimum atomic E-state index is -0.394. The molecule has 1 heterocycles. The minimum absolute atomic E-state index is 0.161. The molecule has 11 heavy (non-hydrogen) atoms. The molecule has 1 rings (SSSR count). The number of carbonyl (C=O) groups excluding carboxylic acids is 2. The van der Waals surface area contributed by atoms with Gasteiger partial charge < -0.3 is 0 Å². The van der Waals surface area contributed by atoms with E-state index in [2.05, 4.69) is 0 Å². The number of nitrogens with zero attached hydrogens (tertiary/aromatic N) is 2. The fourth-order valence-electron chi connectivity index (χ4n) is 0.858. The van der Waals surface area contributed by atoms with Crippen LogP contribution in [0.25, 0.3) is 0 Å². The Balaban J connectivity index is 2.83. The SMILES string of the molecule is CC1=CC(=O)N(CC#N)C1=O. The first-order chi connectivity index (χ1) is 5.16. The van der Waals surface area contributed by atoms with Crippen LogP contribution in [0.15, 0.2) is 11.6 Å². The summed E-state index contributed by atoms with van der Waals surface area (Å²) >= 11 is 0. The van der Waals surface area contributed by atoms with Crippen LogP contribution >= 0.6 is 0 Å². The molecule has 0 N–H and O–H groups in total. The van der Waals surface area contributed by atoms with Gasteiger partial charge in [0.25, 0.3) is 11.8 Å². The Labute approximate surface area is 63.7 Å². The van der Waals surface area contributed by atoms with E-state index in [9.17, 15) is 9.59 Å². The minimum Gasteiger partial charge on any atom is -0.269 e. The van der Waals surface area contributed by atoms with Gasteiger partial charge in [0.1, 0.15) is 6.54 Å². The van der Waals surface area contributed by atoms with E-state index in [0.717, 1.165) is 4.90 Å². The third-order valence-electron chi connectivity index (χ3n) is 1.42. The van der Waals surface area contributed by atoms with Gasteiger partial charge >= 0.3 is 0 Å². The fourth-order valence-corrected chi connectivity index (χ4v) is 0.858. The summed E-state index contributed by atoms with van der Waals surface area (Å²) in [7, 11) is 0. The Hall–Kier alpha value is -1.63. The Kier molecular flexibility index (Phi) is 1.73. The second-order valence-electron chi connectivity index (χ2n) is 2.21. The lowest BCUT2D eigenvalue weighted by atomic mass is 10.3. The second kappa shape index (κ2) is 2.54. The number of imide groups is 1. The Morgan fingerprint density at radius 2 is 2.27 bits per heavy atom. The zero-order valence-corrected chi connectivity index (χ0v) is 6.00. The van der Waals surface area contributed by atoms with Crippen molar-refractivity contribution in [2.75, 3.05) is 6.54 Å². The van der Waals surface area contributed by atoms with E-state index in [1.165, 1.54) is 6.08 Å². The zero-order valence-electron chi connectivity index (χ0n) is 6.00. The molecule has 0 bridgehead atoms. The summed E-state index contributed by atoms with van der Waals surface area (Å²) < 4.78 is 0. The van der Waals surface area contributed by atoms with Crippen molar-refractivity contribution in [1.82, 2.24) is 4.90 Å². The van der Waals surface area contributed by atoms with Crippen LogP contribution < -0.4 is 0 Å². The van der Waals surface area contributed by atoms with Crippen LogP contribution in [0.2, 0.25) is 0 Å². The van der Waals surface area contributed by atoms with E-state index in [4.69, 9.17) is 5.26 Å². The Bertz CT molecular complexity index is 285. The highest BCUT2D eigenvalue weighted by Gasteiger charge is 2.27. The molecule has 0 aliphatic carbocycles. The highest BCUT2D eigenvalue weighted by molar-refractivity contribution is 6.15. The average molecular weight is 150 g/mol. The van der Waals surface area contributed by atoms with Gasteiger partial charge in [-0.2, -0.15) is 5.26 Å². The van der Waals surface area contributed by atoms with Crippen molar-refractivity contribution in [3.8, 4) is 6.07 Å². The molecule has 0 saturated carbocycles. The van der Waals surface area contributed by atoms with Gasteiger partial charge in [-0.3, -0.25) is 14.5 Å². The maximum atomic E-state index is 11.0. The summed E-state index contributed by atoms with van der Waals surface area (Å²) in [5.74, 6) is -0.759. The number of hydrogen-bond donors (Lipinski definition) is 0. The summed E-state index contributed by atoms with van der Waals surface area (Å²) in [5.41, 5.74) is 0.394. The first-order valence-electron chi connectivity index (χ1n) is 3.08. The Morgan fingerprint density at radius 1 is 1.64 bits per heavy atom.